The number of Topliss-reactive ketones (excluding diaryl/α,β-unsaturated/α-hetero) is 1. The summed E-state index contributed by atoms with van der Waals surface area (Å²) in [6.07, 6.45) is 3.50. The minimum absolute atomic E-state index is 0.213. The maximum absolute atomic E-state index is 12.3. The molecule has 0 bridgehead atoms. The molecule has 2 aromatic heterocycles. The fraction of sp³-hybridized carbons (Fsp3) is 0.316. The summed E-state index contributed by atoms with van der Waals surface area (Å²) in [5.41, 5.74) is 2.15. The van der Waals surface area contributed by atoms with E-state index >= 15 is 0 Å². The number of hydrogen-bond acceptors (Lipinski definition) is 6. The Morgan fingerprint density at radius 3 is 2.46 bits per heavy atom. The van der Waals surface area contributed by atoms with Gasteiger partial charge in [-0.25, -0.2) is 9.59 Å². The molecule has 138 valence electrons. The van der Waals surface area contributed by atoms with Gasteiger partial charge in [0.1, 0.15) is 5.76 Å². The Kier molecular flexibility index (Phi) is 6.54. The van der Waals surface area contributed by atoms with Crippen LogP contribution in [0.1, 0.15) is 34.4 Å². The van der Waals surface area contributed by atoms with Crippen LogP contribution in [0.25, 0.3) is 0 Å². The van der Waals surface area contributed by atoms with Gasteiger partial charge in [0.25, 0.3) is 0 Å². The number of furan rings is 1. The second kappa shape index (κ2) is 8.84. The highest BCUT2D eigenvalue weighted by Gasteiger charge is 2.17. The molecule has 0 radical (unpaired) electrons. The zero-order valence-corrected chi connectivity index (χ0v) is 15.0. The highest BCUT2D eigenvalue weighted by atomic mass is 16.5. The molecule has 0 atom stereocenters. The van der Waals surface area contributed by atoms with Gasteiger partial charge in [-0.3, -0.25) is 4.79 Å². The van der Waals surface area contributed by atoms with Gasteiger partial charge in [-0.15, -0.1) is 0 Å². The summed E-state index contributed by atoms with van der Waals surface area (Å²) < 4.78 is 16.8. The largest absolute Gasteiger partial charge is 0.467 e. The van der Waals surface area contributed by atoms with E-state index < -0.39 is 18.5 Å². The minimum Gasteiger partial charge on any atom is -0.467 e. The molecular weight excluding hydrogens is 338 g/mol. The van der Waals surface area contributed by atoms with E-state index in [0.29, 0.717) is 12.1 Å². The first kappa shape index (κ1) is 19.2. The number of esters is 2. The minimum atomic E-state index is -0.782. The molecule has 0 saturated heterocycles. The Morgan fingerprint density at radius 2 is 1.85 bits per heavy atom. The van der Waals surface area contributed by atoms with Gasteiger partial charge in [0, 0.05) is 29.1 Å². The van der Waals surface area contributed by atoms with Gasteiger partial charge in [0.2, 0.25) is 5.78 Å². The molecule has 0 aliphatic rings. The quantitative estimate of drug-likeness (QED) is 0.409. The van der Waals surface area contributed by atoms with Crippen molar-refractivity contribution in [1.82, 2.24) is 4.57 Å². The molecule has 2 aromatic rings. The second-order valence-corrected chi connectivity index (χ2v) is 5.57. The topological polar surface area (TPSA) is 87.7 Å². The molecule has 0 fully saturated rings. The monoisotopic (exact) mass is 359 g/mol. The summed E-state index contributed by atoms with van der Waals surface area (Å²) in [5, 5.41) is 0. The molecule has 0 amide bonds. The number of aryl methyl sites for hydroxylation is 1. The lowest BCUT2D eigenvalue weighted by Gasteiger charge is -2.08. The van der Waals surface area contributed by atoms with Gasteiger partial charge >= 0.3 is 11.9 Å². The van der Waals surface area contributed by atoms with Crippen LogP contribution in [0.15, 0.2) is 41.0 Å². The van der Waals surface area contributed by atoms with E-state index in [0.717, 1.165) is 29.3 Å². The molecule has 7 nitrogen and oxygen atoms in total. The number of carbonyl (C=O) groups excluding carboxylic acids is 3. The van der Waals surface area contributed by atoms with Crippen LogP contribution in [0.4, 0.5) is 0 Å². The van der Waals surface area contributed by atoms with E-state index in [1.54, 1.807) is 25.3 Å². The molecular formula is C19H21NO6. The van der Waals surface area contributed by atoms with Crippen molar-refractivity contribution in [3.05, 3.63) is 59.3 Å². The molecule has 0 aromatic carbocycles. The molecule has 26 heavy (non-hydrogen) atoms. The Labute approximate surface area is 151 Å². The van der Waals surface area contributed by atoms with Gasteiger partial charge in [-0.1, -0.05) is 0 Å². The fourth-order valence-electron chi connectivity index (χ4n) is 2.47. The lowest BCUT2D eigenvalue weighted by Crippen LogP contribution is -2.14. The van der Waals surface area contributed by atoms with Gasteiger partial charge < -0.3 is 18.5 Å². The fourth-order valence-corrected chi connectivity index (χ4v) is 2.47. The van der Waals surface area contributed by atoms with E-state index in [1.165, 1.54) is 0 Å². The van der Waals surface area contributed by atoms with Gasteiger partial charge in [0.15, 0.2) is 6.61 Å². The highest BCUT2D eigenvalue weighted by molar-refractivity contribution is 6.00. The highest BCUT2D eigenvalue weighted by Crippen LogP contribution is 2.18. The maximum Gasteiger partial charge on any atom is 0.331 e. The summed E-state index contributed by atoms with van der Waals surface area (Å²) in [6, 6.07) is 5.42. The van der Waals surface area contributed by atoms with Crippen molar-refractivity contribution >= 4 is 17.7 Å². The summed E-state index contributed by atoms with van der Waals surface area (Å²) >= 11 is 0. The standard InChI is InChI=1S/C19H21NO6/c1-4-24-18(22)7-8-19(23)26-12-17(21)16-10-13(2)20(14(16)3)11-15-6-5-9-25-15/h5-10H,4,11-12H2,1-3H3/b8-7+. The van der Waals surface area contributed by atoms with Crippen LogP contribution in [0.2, 0.25) is 0 Å². The predicted molar refractivity (Wildman–Crippen MR) is 92.8 cm³/mol. The van der Waals surface area contributed by atoms with Crippen LogP contribution in [0.3, 0.4) is 0 Å². The second-order valence-electron chi connectivity index (χ2n) is 5.57. The molecule has 2 heterocycles. The van der Waals surface area contributed by atoms with Crippen LogP contribution in [-0.2, 0) is 25.6 Å². The average Bonchev–Trinajstić information content (AvgIpc) is 3.22. The van der Waals surface area contributed by atoms with E-state index in [-0.39, 0.29) is 12.4 Å². The smallest absolute Gasteiger partial charge is 0.331 e. The number of nitrogens with zero attached hydrogens (tertiary/aromatic N) is 1. The third kappa shape index (κ3) is 4.95. The van der Waals surface area contributed by atoms with Crippen LogP contribution in [0.5, 0.6) is 0 Å². The van der Waals surface area contributed by atoms with Crippen LogP contribution >= 0.6 is 0 Å². The third-order valence-corrected chi connectivity index (χ3v) is 3.76. The van der Waals surface area contributed by atoms with Gasteiger partial charge in [-0.05, 0) is 39.0 Å². The number of aromatic nitrogens is 1. The Balaban J connectivity index is 1.97. The Bertz CT molecular complexity index is 813. The number of rotatable bonds is 8. The van der Waals surface area contributed by atoms with E-state index in [2.05, 4.69) is 4.74 Å². The lowest BCUT2D eigenvalue weighted by atomic mass is 10.1. The molecule has 0 unspecified atom stereocenters. The van der Waals surface area contributed by atoms with E-state index in [4.69, 9.17) is 9.15 Å². The lowest BCUT2D eigenvalue weighted by molar-refractivity contribution is -0.139. The van der Waals surface area contributed by atoms with Crippen molar-refractivity contribution in [3.63, 3.8) is 0 Å². The molecule has 7 heteroatoms. The number of hydrogen-bond donors (Lipinski definition) is 0. The summed E-state index contributed by atoms with van der Waals surface area (Å²) in [7, 11) is 0. The summed E-state index contributed by atoms with van der Waals surface area (Å²) in [6.45, 7) is 5.69. The predicted octanol–water partition coefficient (Wildman–Crippen LogP) is 2.59. The van der Waals surface area contributed by atoms with Gasteiger partial charge in [-0.2, -0.15) is 0 Å². The molecule has 0 saturated carbocycles. The van der Waals surface area contributed by atoms with Crippen molar-refractivity contribution in [1.29, 1.82) is 0 Å². The number of carbonyl (C=O) groups is 3. The Morgan fingerprint density at radius 1 is 1.15 bits per heavy atom. The molecule has 0 spiro atoms. The van der Waals surface area contributed by atoms with Crippen molar-refractivity contribution < 1.29 is 28.3 Å². The van der Waals surface area contributed by atoms with Crippen LogP contribution in [-0.4, -0.2) is 35.5 Å². The molecule has 0 aliphatic heterocycles. The summed E-state index contributed by atoms with van der Waals surface area (Å²) in [5.74, 6) is -0.962. The zero-order chi connectivity index (χ0) is 19.1. The molecule has 0 N–H and O–H groups in total. The van der Waals surface area contributed by atoms with Crippen molar-refractivity contribution in [3.8, 4) is 0 Å². The van der Waals surface area contributed by atoms with Crippen LogP contribution < -0.4 is 0 Å². The molecule has 0 aliphatic carbocycles. The Hall–Kier alpha value is -3.09. The van der Waals surface area contributed by atoms with Crippen LogP contribution in [0, 0.1) is 13.8 Å². The number of ketones is 1. The molecule has 2 rings (SSSR count). The van der Waals surface area contributed by atoms with E-state index in [1.807, 2.05) is 24.5 Å². The van der Waals surface area contributed by atoms with Crippen molar-refractivity contribution in [2.24, 2.45) is 0 Å². The van der Waals surface area contributed by atoms with E-state index in [9.17, 15) is 14.4 Å². The maximum atomic E-state index is 12.3. The van der Waals surface area contributed by atoms with Crippen molar-refractivity contribution in [2.75, 3.05) is 13.2 Å². The summed E-state index contributed by atoms with van der Waals surface area (Å²) in [4.78, 5) is 35.0. The first-order valence-electron chi connectivity index (χ1n) is 8.16. The first-order valence-corrected chi connectivity index (χ1v) is 8.16. The zero-order valence-electron chi connectivity index (χ0n) is 15.0. The van der Waals surface area contributed by atoms with Gasteiger partial charge in [0.05, 0.1) is 19.4 Å². The first-order chi connectivity index (χ1) is 12.4. The van der Waals surface area contributed by atoms with Crippen molar-refractivity contribution in [2.45, 2.75) is 27.3 Å². The third-order valence-electron chi connectivity index (χ3n) is 3.76. The SMILES string of the molecule is CCOC(=O)/C=C/C(=O)OCC(=O)c1cc(C)n(Cc2ccco2)c1C. The normalized spacial score (nSPS) is 10.9. The number of ether oxygens (including phenoxy) is 2. The average molecular weight is 359 g/mol.